The second kappa shape index (κ2) is 8.52. The molecule has 4 heterocycles. The number of halogens is 1. The Balaban J connectivity index is 1.48. The third-order valence-electron chi connectivity index (χ3n) is 5.65. The monoisotopic (exact) mass is 477 g/mol. The topological polar surface area (TPSA) is 164 Å². The summed E-state index contributed by atoms with van der Waals surface area (Å²) in [7, 11) is 1.39. The molecule has 3 aromatic heterocycles. The summed E-state index contributed by atoms with van der Waals surface area (Å²) < 4.78 is 16.7. The fourth-order valence-corrected chi connectivity index (χ4v) is 3.86. The van der Waals surface area contributed by atoms with E-state index in [9.17, 15) is 14.4 Å². The standard InChI is InChI=1S/C22H20FN9O3/c1-31(17-8-25-9-18(33)29-17)22(35)13-4-11-5-15(27-7-14(11)21(24)20(13)23)28-16-6-12-2-3-26-19(34)10-32(12)30-16/h4-9H,2-3,10,24H2,1H3,(H,26,34)(H,29,33)(H,27,28,30). The minimum Gasteiger partial charge on any atom is -0.396 e. The van der Waals surface area contributed by atoms with E-state index in [1.54, 1.807) is 10.7 Å². The molecular formula is C22H20FN9O3. The van der Waals surface area contributed by atoms with Gasteiger partial charge in [0.1, 0.15) is 18.2 Å². The third-order valence-corrected chi connectivity index (χ3v) is 5.65. The van der Waals surface area contributed by atoms with E-state index in [0.29, 0.717) is 35.4 Å². The summed E-state index contributed by atoms with van der Waals surface area (Å²) >= 11 is 0. The zero-order valence-electron chi connectivity index (χ0n) is 18.5. The van der Waals surface area contributed by atoms with Gasteiger partial charge in [-0.2, -0.15) is 5.10 Å². The van der Waals surface area contributed by atoms with Crippen molar-refractivity contribution in [1.29, 1.82) is 0 Å². The molecule has 0 atom stereocenters. The lowest BCUT2D eigenvalue weighted by Crippen LogP contribution is -2.29. The van der Waals surface area contributed by atoms with Gasteiger partial charge in [-0.1, -0.05) is 0 Å². The number of aromatic amines is 1. The van der Waals surface area contributed by atoms with Crippen molar-refractivity contribution in [2.45, 2.75) is 13.0 Å². The van der Waals surface area contributed by atoms with Crippen molar-refractivity contribution in [3.8, 4) is 0 Å². The lowest BCUT2D eigenvalue weighted by Gasteiger charge is -2.18. The van der Waals surface area contributed by atoms with Gasteiger partial charge < -0.3 is 21.4 Å². The molecule has 1 aliphatic heterocycles. The first-order valence-corrected chi connectivity index (χ1v) is 10.6. The predicted molar refractivity (Wildman–Crippen MR) is 126 cm³/mol. The van der Waals surface area contributed by atoms with E-state index in [1.807, 2.05) is 6.07 Å². The van der Waals surface area contributed by atoms with Gasteiger partial charge in [-0.15, -0.1) is 0 Å². The van der Waals surface area contributed by atoms with Crippen LogP contribution in [0.5, 0.6) is 0 Å². The number of fused-ring (bicyclic) bond motifs is 2. The molecule has 4 aromatic rings. The molecule has 5 N–H and O–H groups in total. The number of nitrogens with two attached hydrogens (primary N) is 1. The number of hydrogen-bond donors (Lipinski definition) is 4. The highest BCUT2D eigenvalue weighted by Gasteiger charge is 2.22. The summed E-state index contributed by atoms with van der Waals surface area (Å²) in [5, 5.41) is 11.1. The number of hydrogen-bond acceptors (Lipinski definition) is 8. The van der Waals surface area contributed by atoms with E-state index in [0.717, 1.165) is 16.8 Å². The highest BCUT2D eigenvalue weighted by atomic mass is 19.1. The van der Waals surface area contributed by atoms with Gasteiger partial charge in [-0.3, -0.25) is 28.9 Å². The Kier molecular flexibility index (Phi) is 5.35. The molecule has 0 spiro atoms. The Bertz CT molecular complexity index is 1550. The molecule has 0 bridgehead atoms. The average Bonchev–Trinajstić information content (AvgIpc) is 3.11. The Morgan fingerprint density at radius 3 is 2.83 bits per heavy atom. The second-order valence-corrected chi connectivity index (χ2v) is 7.99. The predicted octanol–water partition coefficient (Wildman–Crippen LogP) is 0.928. The number of rotatable bonds is 4. The number of pyridine rings is 1. The van der Waals surface area contributed by atoms with E-state index < -0.39 is 17.3 Å². The van der Waals surface area contributed by atoms with Crippen LogP contribution in [0.2, 0.25) is 0 Å². The fourth-order valence-electron chi connectivity index (χ4n) is 3.86. The summed E-state index contributed by atoms with van der Waals surface area (Å²) in [5.41, 5.74) is 5.87. The van der Waals surface area contributed by atoms with Crippen LogP contribution >= 0.6 is 0 Å². The Morgan fingerprint density at radius 1 is 1.20 bits per heavy atom. The van der Waals surface area contributed by atoms with Crippen molar-refractivity contribution in [3.05, 3.63) is 64.2 Å². The van der Waals surface area contributed by atoms with Crippen molar-refractivity contribution in [1.82, 2.24) is 30.0 Å². The van der Waals surface area contributed by atoms with E-state index in [4.69, 9.17) is 5.73 Å². The fraction of sp³-hybridized carbons (Fsp3) is 0.182. The highest BCUT2D eigenvalue weighted by molar-refractivity contribution is 6.09. The van der Waals surface area contributed by atoms with Crippen LogP contribution in [0.4, 0.5) is 27.5 Å². The SMILES string of the molecule is CN(C(=O)c1cc2cc(Nc3cc4n(n3)CC(=O)NCC4)ncc2c(N)c1F)c1cncc(=O)[nH]1. The molecule has 0 aliphatic carbocycles. The number of carbonyl (C=O) groups is 2. The first kappa shape index (κ1) is 22.0. The van der Waals surface area contributed by atoms with Gasteiger partial charge in [0.05, 0.1) is 23.6 Å². The molecule has 0 radical (unpaired) electrons. The number of benzene rings is 1. The molecule has 13 heteroatoms. The van der Waals surface area contributed by atoms with Gasteiger partial charge >= 0.3 is 0 Å². The summed E-state index contributed by atoms with van der Waals surface area (Å²) in [5.74, 6) is -0.734. The Labute approximate surface area is 197 Å². The van der Waals surface area contributed by atoms with Gasteiger partial charge in [0, 0.05) is 43.4 Å². The van der Waals surface area contributed by atoms with Gasteiger partial charge in [-0.25, -0.2) is 9.37 Å². The maximum atomic E-state index is 15.0. The number of nitrogen functional groups attached to an aromatic ring is 1. The Hall–Kier alpha value is -4.81. The van der Waals surface area contributed by atoms with Gasteiger partial charge in [0.25, 0.3) is 11.5 Å². The Morgan fingerprint density at radius 2 is 2.03 bits per heavy atom. The van der Waals surface area contributed by atoms with Crippen LogP contribution in [0.25, 0.3) is 10.8 Å². The lowest BCUT2D eigenvalue weighted by molar-refractivity contribution is -0.121. The van der Waals surface area contributed by atoms with Gasteiger partial charge in [-0.05, 0) is 17.5 Å². The van der Waals surface area contributed by atoms with Crippen molar-refractivity contribution >= 4 is 45.7 Å². The maximum absolute atomic E-state index is 15.0. The summed E-state index contributed by atoms with van der Waals surface area (Å²) in [6.45, 7) is 0.653. The van der Waals surface area contributed by atoms with Crippen LogP contribution in [0.1, 0.15) is 16.1 Å². The van der Waals surface area contributed by atoms with Crippen molar-refractivity contribution in [3.63, 3.8) is 0 Å². The molecule has 0 saturated carbocycles. The van der Waals surface area contributed by atoms with Crippen LogP contribution < -0.4 is 26.8 Å². The van der Waals surface area contributed by atoms with Crippen LogP contribution in [-0.4, -0.2) is 50.1 Å². The molecule has 12 nitrogen and oxygen atoms in total. The van der Waals surface area contributed by atoms with Gasteiger partial charge in [0.2, 0.25) is 5.91 Å². The molecule has 2 amide bonds. The number of carbonyl (C=O) groups excluding carboxylic acids is 2. The van der Waals surface area contributed by atoms with Crippen molar-refractivity contribution in [2.75, 3.05) is 29.5 Å². The minimum atomic E-state index is -0.890. The molecule has 35 heavy (non-hydrogen) atoms. The average molecular weight is 477 g/mol. The van der Waals surface area contributed by atoms with E-state index >= 15 is 4.39 Å². The zero-order valence-corrected chi connectivity index (χ0v) is 18.5. The van der Waals surface area contributed by atoms with Crippen LogP contribution in [-0.2, 0) is 17.8 Å². The first-order valence-electron chi connectivity index (χ1n) is 10.6. The van der Waals surface area contributed by atoms with Gasteiger partial charge in [0.15, 0.2) is 11.6 Å². The summed E-state index contributed by atoms with van der Waals surface area (Å²) in [6.07, 6.45) is 4.39. The van der Waals surface area contributed by atoms with Crippen LogP contribution in [0.3, 0.4) is 0 Å². The molecule has 0 fully saturated rings. The molecule has 178 valence electrons. The normalized spacial score (nSPS) is 13.1. The molecule has 1 aliphatic rings. The molecule has 0 unspecified atom stereocenters. The van der Waals surface area contributed by atoms with E-state index in [2.05, 4.69) is 30.7 Å². The lowest BCUT2D eigenvalue weighted by atomic mass is 10.0. The number of H-pyrrole nitrogens is 1. The van der Waals surface area contributed by atoms with Crippen molar-refractivity contribution in [2.24, 2.45) is 0 Å². The number of nitrogens with one attached hydrogen (secondary N) is 3. The third kappa shape index (κ3) is 4.14. The molecule has 0 saturated heterocycles. The number of aromatic nitrogens is 5. The van der Waals surface area contributed by atoms with Crippen molar-refractivity contribution < 1.29 is 14.0 Å². The molecule has 5 rings (SSSR count). The van der Waals surface area contributed by atoms with Crippen LogP contribution in [0, 0.1) is 5.82 Å². The zero-order chi connectivity index (χ0) is 24.7. The number of anilines is 4. The second-order valence-electron chi connectivity index (χ2n) is 7.99. The smallest absolute Gasteiger partial charge is 0.267 e. The number of amides is 2. The van der Waals surface area contributed by atoms with Crippen LogP contribution in [0.15, 0.2) is 41.6 Å². The summed E-state index contributed by atoms with van der Waals surface area (Å²) in [4.78, 5) is 47.9. The minimum absolute atomic E-state index is 0.103. The molecular weight excluding hydrogens is 457 g/mol. The maximum Gasteiger partial charge on any atom is 0.267 e. The summed E-state index contributed by atoms with van der Waals surface area (Å²) in [6, 6.07) is 4.81. The largest absolute Gasteiger partial charge is 0.396 e. The quantitative estimate of drug-likeness (QED) is 0.315. The molecule has 1 aromatic carbocycles. The first-order chi connectivity index (χ1) is 16.8. The number of nitrogens with zero attached hydrogens (tertiary/aromatic N) is 5. The van der Waals surface area contributed by atoms with E-state index in [1.165, 1.54) is 25.5 Å². The highest BCUT2D eigenvalue weighted by Crippen LogP contribution is 2.30. The van der Waals surface area contributed by atoms with E-state index in [-0.39, 0.29) is 29.5 Å².